The summed E-state index contributed by atoms with van der Waals surface area (Å²) in [6, 6.07) is 0.0674. The van der Waals surface area contributed by atoms with Crippen LogP contribution in [0, 0.1) is 5.92 Å². The molecule has 3 nitrogen and oxygen atoms in total. The molecule has 0 aromatic heterocycles. The second kappa shape index (κ2) is 6.60. The van der Waals surface area contributed by atoms with Gasteiger partial charge in [0.2, 0.25) is 0 Å². The van der Waals surface area contributed by atoms with E-state index >= 15 is 0 Å². The summed E-state index contributed by atoms with van der Waals surface area (Å²) in [6.07, 6.45) is 10.8. The van der Waals surface area contributed by atoms with Gasteiger partial charge in [0.1, 0.15) is 9.84 Å². The summed E-state index contributed by atoms with van der Waals surface area (Å²) in [4.78, 5) is 0. The highest BCUT2D eigenvalue weighted by Gasteiger charge is 2.16. The van der Waals surface area contributed by atoms with E-state index in [0.29, 0.717) is 6.42 Å². The van der Waals surface area contributed by atoms with Gasteiger partial charge in [-0.15, -0.1) is 0 Å². The van der Waals surface area contributed by atoms with Gasteiger partial charge < -0.3 is 5.73 Å². The van der Waals surface area contributed by atoms with Gasteiger partial charge in [-0.1, -0.05) is 38.5 Å². The van der Waals surface area contributed by atoms with Gasteiger partial charge in [-0.3, -0.25) is 0 Å². The summed E-state index contributed by atoms with van der Waals surface area (Å²) in [5, 5.41) is 0. The van der Waals surface area contributed by atoms with Crippen LogP contribution in [-0.2, 0) is 9.84 Å². The van der Waals surface area contributed by atoms with Crippen molar-refractivity contribution in [3.05, 3.63) is 0 Å². The van der Waals surface area contributed by atoms with Gasteiger partial charge in [0.25, 0.3) is 0 Å². The first kappa shape index (κ1) is 14.0. The molecular formula is C12H25NO2S. The zero-order valence-electron chi connectivity index (χ0n) is 10.3. The van der Waals surface area contributed by atoms with Crippen LogP contribution in [0.4, 0.5) is 0 Å². The van der Waals surface area contributed by atoms with E-state index in [2.05, 4.69) is 0 Å². The van der Waals surface area contributed by atoms with Crippen molar-refractivity contribution in [1.29, 1.82) is 0 Å². The molecule has 1 unspecified atom stereocenters. The van der Waals surface area contributed by atoms with Crippen molar-refractivity contribution in [3.8, 4) is 0 Å². The van der Waals surface area contributed by atoms with Gasteiger partial charge in [0.05, 0.1) is 5.75 Å². The molecule has 16 heavy (non-hydrogen) atoms. The first-order valence-corrected chi connectivity index (χ1v) is 8.47. The Bertz CT molecular complexity index is 279. The first-order chi connectivity index (χ1) is 7.47. The first-order valence-electron chi connectivity index (χ1n) is 6.40. The Morgan fingerprint density at radius 2 is 1.75 bits per heavy atom. The van der Waals surface area contributed by atoms with E-state index in [0.717, 1.165) is 12.3 Å². The molecule has 1 saturated carbocycles. The molecule has 0 spiro atoms. The van der Waals surface area contributed by atoms with Gasteiger partial charge in [0, 0.05) is 12.3 Å². The van der Waals surface area contributed by atoms with Crippen molar-refractivity contribution in [3.63, 3.8) is 0 Å². The van der Waals surface area contributed by atoms with Crippen LogP contribution >= 0.6 is 0 Å². The Morgan fingerprint density at radius 3 is 2.25 bits per heavy atom. The molecule has 1 aliphatic carbocycles. The summed E-state index contributed by atoms with van der Waals surface area (Å²) < 4.78 is 22.1. The van der Waals surface area contributed by atoms with Crippen LogP contribution in [0.15, 0.2) is 0 Å². The number of nitrogens with two attached hydrogens (primary N) is 1. The predicted molar refractivity (Wildman–Crippen MR) is 68.1 cm³/mol. The molecule has 1 fully saturated rings. The highest BCUT2D eigenvalue weighted by Crippen LogP contribution is 2.26. The summed E-state index contributed by atoms with van der Waals surface area (Å²) in [7, 11) is -2.85. The topological polar surface area (TPSA) is 60.2 Å². The zero-order valence-corrected chi connectivity index (χ0v) is 11.1. The minimum Gasteiger partial charge on any atom is -0.328 e. The average Bonchev–Trinajstić information content (AvgIpc) is 2.42. The smallest absolute Gasteiger partial charge is 0.147 e. The zero-order chi connectivity index (χ0) is 12.0. The number of hydrogen-bond donors (Lipinski definition) is 1. The predicted octanol–water partition coefficient (Wildman–Crippen LogP) is 2.11. The maximum absolute atomic E-state index is 11.0. The summed E-state index contributed by atoms with van der Waals surface area (Å²) in [6.45, 7) is 0. The molecule has 1 atom stereocenters. The van der Waals surface area contributed by atoms with Crippen molar-refractivity contribution in [1.82, 2.24) is 0 Å². The largest absolute Gasteiger partial charge is 0.328 e. The number of hydrogen-bond acceptors (Lipinski definition) is 3. The third-order valence-electron chi connectivity index (χ3n) is 3.47. The minimum atomic E-state index is -2.85. The van der Waals surface area contributed by atoms with Crippen LogP contribution in [0.3, 0.4) is 0 Å². The fourth-order valence-electron chi connectivity index (χ4n) is 2.51. The lowest BCUT2D eigenvalue weighted by molar-refractivity contribution is 0.384. The van der Waals surface area contributed by atoms with Gasteiger partial charge in [-0.25, -0.2) is 8.42 Å². The molecular weight excluding hydrogens is 222 g/mol. The molecule has 0 heterocycles. The minimum absolute atomic E-state index is 0.0674. The third kappa shape index (κ3) is 6.48. The lowest BCUT2D eigenvalue weighted by Gasteiger charge is -2.18. The molecule has 0 bridgehead atoms. The maximum Gasteiger partial charge on any atom is 0.147 e. The van der Waals surface area contributed by atoms with Gasteiger partial charge in [-0.05, 0) is 18.8 Å². The van der Waals surface area contributed by atoms with Gasteiger partial charge in [0.15, 0.2) is 0 Å². The van der Waals surface area contributed by atoms with Crippen LogP contribution in [0.25, 0.3) is 0 Å². The van der Waals surface area contributed by atoms with Crippen molar-refractivity contribution in [2.75, 3.05) is 12.0 Å². The van der Waals surface area contributed by atoms with Crippen molar-refractivity contribution >= 4 is 9.84 Å². The highest BCUT2D eigenvalue weighted by atomic mass is 32.2. The van der Waals surface area contributed by atoms with Crippen LogP contribution in [0.2, 0.25) is 0 Å². The molecule has 0 aromatic carbocycles. The van der Waals surface area contributed by atoms with Crippen molar-refractivity contribution in [2.24, 2.45) is 11.7 Å². The van der Waals surface area contributed by atoms with Crippen LogP contribution in [-0.4, -0.2) is 26.5 Å². The molecule has 0 saturated heterocycles. The Kier molecular flexibility index (Phi) is 5.76. The summed E-state index contributed by atoms with van der Waals surface area (Å²) >= 11 is 0. The Hall–Kier alpha value is -0.0900. The Labute approximate surface area is 99.7 Å². The van der Waals surface area contributed by atoms with E-state index in [4.69, 9.17) is 5.73 Å². The van der Waals surface area contributed by atoms with E-state index in [-0.39, 0.29) is 11.8 Å². The summed E-state index contributed by atoms with van der Waals surface area (Å²) in [5.41, 5.74) is 6.00. The van der Waals surface area contributed by atoms with Crippen LogP contribution in [0.1, 0.15) is 51.4 Å². The lowest BCUT2D eigenvalue weighted by atomic mass is 9.92. The van der Waals surface area contributed by atoms with Crippen molar-refractivity contribution < 1.29 is 8.42 Å². The van der Waals surface area contributed by atoms with Crippen LogP contribution < -0.4 is 5.73 Å². The number of rotatable bonds is 5. The van der Waals surface area contributed by atoms with E-state index in [1.165, 1.54) is 44.8 Å². The van der Waals surface area contributed by atoms with Crippen molar-refractivity contribution in [2.45, 2.75) is 57.4 Å². The second-order valence-electron chi connectivity index (χ2n) is 5.27. The molecule has 1 aliphatic rings. The molecule has 1 rings (SSSR count). The molecule has 4 heteroatoms. The standard InChI is InChI=1S/C12H25NO2S/c1-16(14,15)9-8-12(13)10-11-6-4-2-3-5-7-11/h11-12H,2-10,13H2,1H3. The average molecular weight is 247 g/mol. The maximum atomic E-state index is 11.0. The lowest BCUT2D eigenvalue weighted by Crippen LogP contribution is -2.26. The molecule has 96 valence electrons. The normalized spacial score (nSPS) is 21.6. The van der Waals surface area contributed by atoms with Gasteiger partial charge in [-0.2, -0.15) is 0 Å². The Morgan fingerprint density at radius 1 is 1.19 bits per heavy atom. The molecule has 2 N–H and O–H groups in total. The quantitative estimate of drug-likeness (QED) is 0.757. The van der Waals surface area contributed by atoms with E-state index in [9.17, 15) is 8.42 Å². The molecule has 0 radical (unpaired) electrons. The summed E-state index contributed by atoms with van der Waals surface area (Å²) in [5.74, 6) is 0.970. The monoisotopic (exact) mass is 247 g/mol. The fraction of sp³-hybridized carbons (Fsp3) is 1.00. The molecule has 0 aromatic rings. The van der Waals surface area contributed by atoms with Gasteiger partial charge >= 0.3 is 0 Å². The second-order valence-corrected chi connectivity index (χ2v) is 7.53. The Balaban J connectivity index is 2.24. The van der Waals surface area contributed by atoms with E-state index in [1.807, 2.05) is 0 Å². The van der Waals surface area contributed by atoms with Crippen LogP contribution in [0.5, 0.6) is 0 Å². The van der Waals surface area contributed by atoms with E-state index < -0.39 is 9.84 Å². The third-order valence-corrected chi connectivity index (χ3v) is 4.45. The molecule has 0 aliphatic heterocycles. The molecule has 0 amide bonds. The SMILES string of the molecule is CS(=O)(=O)CCC(N)CC1CCCCCC1. The van der Waals surface area contributed by atoms with E-state index in [1.54, 1.807) is 0 Å². The fourth-order valence-corrected chi connectivity index (χ4v) is 3.24. The highest BCUT2D eigenvalue weighted by molar-refractivity contribution is 7.90. The number of sulfone groups is 1.